The second-order valence-electron chi connectivity index (χ2n) is 4.22. The Hall–Kier alpha value is -2.44. The van der Waals surface area contributed by atoms with Gasteiger partial charge >= 0.3 is 0 Å². The molecule has 0 radical (unpaired) electrons. The van der Waals surface area contributed by atoms with Gasteiger partial charge in [0.15, 0.2) is 11.5 Å². The van der Waals surface area contributed by atoms with Crippen LogP contribution in [-0.4, -0.2) is 20.4 Å². The molecular formula is C13H14N2O4. The van der Waals surface area contributed by atoms with Crippen LogP contribution in [0, 0.1) is 0 Å². The first-order valence-corrected chi connectivity index (χ1v) is 5.46. The van der Waals surface area contributed by atoms with Crippen molar-refractivity contribution in [2.75, 3.05) is 0 Å². The molecule has 0 amide bonds. The summed E-state index contributed by atoms with van der Waals surface area (Å²) in [4.78, 5) is 0. The third-order valence-electron chi connectivity index (χ3n) is 2.92. The number of rotatable bonds is 2. The van der Waals surface area contributed by atoms with E-state index in [4.69, 9.17) is 11.5 Å². The highest BCUT2D eigenvalue weighted by Crippen LogP contribution is 2.46. The predicted molar refractivity (Wildman–Crippen MR) is 68.7 cm³/mol. The number of hydrogen-bond donors (Lipinski definition) is 6. The molecule has 0 aliphatic rings. The van der Waals surface area contributed by atoms with Crippen LogP contribution in [0.4, 0.5) is 0 Å². The van der Waals surface area contributed by atoms with E-state index in [0.717, 1.165) is 6.07 Å². The van der Waals surface area contributed by atoms with Crippen LogP contribution in [-0.2, 0) is 5.66 Å². The zero-order valence-electron chi connectivity index (χ0n) is 9.91. The van der Waals surface area contributed by atoms with Crippen LogP contribution in [0.25, 0.3) is 0 Å². The molecule has 0 unspecified atom stereocenters. The molecule has 2 aromatic rings. The summed E-state index contributed by atoms with van der Waals surface area (Å²) in [6, 6.07) is 9.48. The zero-order chi connectivity index (χ0) is 14.2. The predicted octanol–water partition coefficient (Wildman–Crippen LogP) is 0.627. The fourth-order valence-corrected chi connectivity index (χ4v) is 1.82. The lowest BCUT2D eigenvalue weighted by molar-refractivity contribution is 0.338. The fourth-order valence-electron chi connectivity index (χ4n) is 1.82. The number of benzene rings is 2. The lowest BCUT2D eigenvalue weighted by Gasteiger charge is -2.27. The van der Waals surface area contributed by atoms with Gasteiger partial charge in [-0.3, -0.25) is 0 Å². The van der Waals surface area contributed by atoms with Crippen molar-refractivity contribution in [3.8, 4) is 23.0 Å². The van der Waals surface area contributed by atoms with Gasteiger partial charge in [-0.25, -0.2) is 0 Å². The number of nitrogens with two attached hydrogens (primary N) is 2. The van der Waals surface area contributed by atoms with Gasteiger partial charge in [0.05, 0.1) is 0 Å². The van der Waals surface area contributed by atoms with Crippen LogP contribution in [0.3, 0.4) is 0 Å². The maximum absolute atomic E-state index is 9.82. The van der Waals surface area contributed by atoms with E-state index in [1.54, 1.807) is 30.3 Å². The van der Waals surface area contributed by atoms with Crippen molar-refractivity contribution in [3.05, 3.63) is 47.5 Å². The smallest absolute Gasteiger partial charge is 0.204 e. The molecule has 2 aromatic carbocycles. The molecule has 0 spiro atoms. The van der Waals surface area contributed by atoms with Gasteiger partial charge in [0, 0.05) is 5.56 Å². The number of phenolic OH excluding ortho intramolecular Hbond substituents is 4. The van der Waals surface area contributed by atoms with Crippen LogP contribution in [0.5, 0.6) is 23.0 Å². The van der Waals surface area contributed by atoms with E-state index in [1.165, 1.54) is 0 Å². The van der Waals surface area contributed by atoms with Gasteiger partial charge in [0.2, 0.25) is 11.5 Å². The minimum Gasteiger partial charge on any atom is -0.504 e. The minimum absolute atomic E-state index is 0.105. The molecule has 0 fully saturated rings. The van der Waals surface area contributed by atoms with Gasteiger partial charge < -0.3 is 31.9 Å². The SMILES string of the molecule is NC(N)(c1ccccc1)c1cc(O)c(O)c(O)c1O. The first kappa shape index (κ1) is 13.0. The quantitative estimate of drug-likeness (QED) is 0.267. The second-order valence-corrected chi connectivity index (χ2v) is 4.22. The molecule has 0 aliphatic carbocycles. The van der Waals surface area contributed by atoms with Crippen molar-refractivity contribution >= 4 is 0 Å². The highest BCUT2D eigenvalue weighted by atomic mass is 16.3. The second kappa shape index (κ2) is 4.34. The van der Waals surface area contributed by atoms with E-state index in [9.17, 15) is 20.4 Å². The lowest BCUT2D eigenvalue weighted by atomic mass is 9.91. The van der Waals surface area contributed by atoms with E-state index >= 15 is 0 Å². The molecule has 100 valence electrons. The third-order valence-corrected chi connectivity index (χ3v) is 2.92. The molecule has 0 saturated carbocycles. The molecule has 0 atom stereocenters. The highest BCUT2D eigenvalue weighted by Gasteiger charge is 2.31. The lowest BCUT2D eigenvalue weighted by Crippen LogP contribution is -2.47. The van der Waals surface area contributed by atoms with Crippen molar-refractivity contribution in [1.82, 2.24) is 0 Å². The highest BCUT2D eigenvalue weighted by molar-refractivity contribution is 5.63. The van der Waals surface area contributed by atoms with Crippen molar-refractivity contribution in [2.24, 2.45) is 11.5 Å². The number of aromatic hydroxyl groups is 4. The summed E-state index contributed by atoms with van der Waals surface area (Å²) in [7, 11) is 0. The van der Waals surface area contributed by atoms with Crippen LogP contribution in [0.15, 0.2) is 36.4 Å². The fraction of sp³-hybridized carbons (Fsp3) is 0.0769. The molecule has 2 rings (SSSR count). The van der Waals surface area contributed by atoms with Crippen molar-refractivity contribution in [1.29, 1.82) is 0 Å². The summed E-state index contributed by atoms with van der Waals surface area (Å²) < 4.78 is 0. The maximum Gasteiger partial charge on any atom is 0.204 e. The summed E-state index contributed by atoms with van der Waals surface area (Å²) >= 11 is 0. The molecular weight excluding hydrogens is 248 g/mol. The Kier molecular flexibility index (Phi) is 2.97. The van der Waals surface area contributed by atoms with Crippen LogP contribution in [0.1, 0.15) is 11.1 Å². The summed E-state index contributed by atoms with van der Waals surface area (Å²) in [5.74, 6) is -3.00. The molecule has 0 heterocycles. The third kappa shape index (κ3) is 2.03. The number of phenols is 4. The van der Waals surface area contributed by atoms with Crippen LogP contribution >= 0.6 is 0 Å². The first-order chi connectivity index (χ1) is 8.85. The van der Waals surface area contributed by atoms with Gasteiger partial charge in [-0.2, -0.15) is 0 Å². The average molecular weight is 262 g/mol. The van der Waals surface area contributed by atoms with Gasteiger partial charge in [-0.1, -0.05) is 30.3 Å². The Bertz CT molecular complexity index is 612. The maximum atomic E-state index is 9.82. The molecule has 6 nitrogen and oxygen atoms in total. The molecule has 8 N–H and O–H groups in total. The topological polar surface area (TPSA) is 133 Å². The molecule has 0 bridgehead atoms. The first-order valence-electron chi connectivity index (χ1n) is 5.46. The average Bonchev–Trinajstić information content (AvgIpc) is 2.41. The van der Waals surface area contributed by atoms with E-state index in [1.807, 2.05) is 0 Å². The zero-order valence-corrected chi connectivity index (χ0v) is 9.91. The molecule has 19 heavy (non-hydrogen) atoms. The Morgan fingerprint density at radius 2 is 1.37 bits per heavy atom. The molecule has 0 saturated heterocycles. The van der Waals surface area contributed by atoms with E-state index in [2.05, 4.69) is 0 Å². The van der Waals surface area contributed by atoms with E-state index < -0.39 is 28.7 Å². The molecule has 0 aliphatic heterocycles. The molecule has 0 aromatic heterocycles. The van der Waals surface area contributed by atoms with Crippen molar-refractivity contribution < 1.29 is 20.4 Å². The van der Waals surface area contributed by atoms with E-state index in [-0.39, 0.29) is 5.56 Å². The van der Waals surface area contributed by atoms with Gasteiger partial charge in [0.1, 0.15) is 5.66 Å². The van der Waals surface area contributed by atoms with Crippen LogP contribution < -0.4 is 11.5 Å². The normalized spacial score (nSPS) is 11.5. The van der Waals surface area contributed by atoms with E-state index in [0.29, 0.717) is 5.56 Å². The van der Waals surface area contributed by atoms with Gasteiger partial charge in [0.25, 0.3) is 0 Å². The Balaban J connectivity index is 2.65. The van der Waals surface area contributed by atoms with Gasteiger partial charge in [-0.05, 0) is 11.6 Å². The van der Waals surface area contributed by atoms with Crippen LogP contribution in [0.2, 0.25) is 0 Å². The summed E-state index contributed by atoms with van der Waals surface area (Å²) in [6.07, 6.45) is 0. The summed E-state index contributed by atoms with van der Waals surface area (Å²) in [5.41, 5.74) is 10.7. The molecule has 6 heteroatoms. The largest absolute Gasteiger partial charge is 0.504 e. The van der Waals surface area contributed by atoms with Crippen molar-refractivity contribution in [3.63, 3.8) is 0 Å². The Labute approximate surface area is 109 Å². The summed E-state index contributed by atoms with van der Waals surface area (Å²) in [5, 5.41) is 38.1. The minimum atomic E-state index is -1.63. The van der Waals surface area contributed by atoms with Crippen molar-refractivity contribution in [2.45, 2.75) is 5.66 Å². The Morgan fingerprint density at radius 1 is 0.789 bits per heavy atom. The van der Waals surface area contributed by atoms with Gasteiger partial charge in [-0.15, -0.1) is 0 Å². The Morgan fingerprint density at radius 3 is 1.95 bits per heavy atom. The monoisotopic (exact) mass is 262 g/mol. The standard InChI is InChI=1S/C13H14N2O4/c14-13(15,7-4-2-1-3-5-7)8-6-9(16)11(18)12(19)10(8)17/h1-6,16-19H,14-15H2. The number of hydrogen-bond acceptors (Lipinski definition) is 6. The summed E-state index contributed by atoms with van der Waals surface area (Å²) in [6.45, 7) is 0.